The van der Waals surface area contributed by atoms with Gasteiger partial charge in [0.1, 0.15) is 10.8 Å². The molecule has 21 heavy (non-hydrogen) atoms. The highest BCUT2D eigenvalue weighted by Crippen LogP contribution is 2.68. The van der Waals surface area contributed by atoms with E-state index in [1.807, 2.05) is 35.7 Å². The van der Waals surface area contributed by atoms with Crippen LogP contribution >= 0.6 is 11.3 Å². The summed E-state index contributed by atoms with van der Waals surface area (Å²) in [5.41, 5.74) is 2.31. The number of Topliss-reactive ketones (excluding diaryl/α,β-unsaturated/α-hetero) is 1. The normalized spacial score (nSPS) is 19.4. The number of aromatic nitrogens is 1. The molecule has 1 aromatic heterocycles. The summed E-state index contributed by atoms with van der Waals surface area (Å²) in [6.45, 7) is 8.75. The van der Waals surface area contributed by atoms with Crippen LogP contribution < -0.4 is 0 Å². The van der Waals surface area contributed by atoms with Gasteiger partial charge in [0.2, 0.25) is 0 Å². The van der Waals surface area contributed by atoms with Crippen LogP contribution in [0.1, 0.15) is 32.7 Å². The molecule has 0 saturated heterocycles. The SMILES string of the molecule is CC1(C)C(C(=O)Cc2nc(-c3ccccc3)cs2)C1(C)C. The second kappa shape index (κ2) is 4.77. The summed E-state index contributed by atoms with van der Waals surface area (Å²) in [6, 6.07) is 10.1. The van der Waals surface area contributed by atoms with Crippen LogP contribution in [0, 0.1) is 16.7 Å². The Morgan fingerprint density at radius 1 is 1.14 bits per heavy atom. The second-order valence-electron chi connectivity index (χ2n) is 7.01. The van der Waals surface area contributed by atoms with E-state index in [1.54, 1.807) is 11.3 Å². The zero-order chi connectivity index (χ0) is 15.3. The highest BCUT2D eigenvalue weighted by Gasteiger charge is 2.67. The molecule has 0 spiro atoms. The zero-order valence-electron chi connectivity index (χ0n) is 13.0. The lowest BCUT2D eigenvalue weighted by Crippen LogP contribution is -2.10. The molecule has 0 aliphatic heterocycles. The monoisotopic (exact) mass is 299 g/mol. The first kappa shape index (κ1) is 14.5. The Labute approximate surface area is 130 Å². The first-order valence-corrected chi connectivity index (χ1v) is 8.24. The van der Waals surface area contributed by atoms with E-state index in [0.717, 1.165) is 16.3 Å². The van der Waals surface area contributed by atoms with Crippen molar-refractivity contribution in [3.8, 4) is 11.3 Å². The van der Waals surface area contributed by atoms with E-state index in [0.29, 0.717) is 12.2 Å². The summed E-state index contributed by atoms with van der Waals surface area (Å²) in [4.78, 5) is 17.1. The highest BCUT2D eigenvalue weighted by molar-refractivity contribution is 7.10. The van der Waals surface area contributed by atoms with E-state index in [-0.39, 0.29) is 16.7 Å². The number of hydrogen-bond acceptors (Lipinski definition) is 3. The molecule has 3 heteroatoms. The average Bonchev–Trinajstić information content (AvgIpc) is 2.77. The van der Waals surface area contributed by atoms with E-state index in [1.165, 1.54) is 0 Å². The molecule has 1 aliphatic carbocycles. The molecule has 0 N–H and O–H groups in total. The molecular weight excluding hydrogens is 278 g/mol. The Morgan fingerprint density at radius 3 is 2.33 bits per heavy atom. The lowest BCUT2D eigenvalue weighted by molar-refractivity contribution is -0.120. The van der Waals surface area contributed by atoms with Crippen molar-refractivity contribution in [2.75, 3.05) is 0 Å². The van der Waals surface area contributed by atoms with Crippen molar-refractivity contribution >= 4 is 17.1 Å². The molecule has 0 unspecified atom stereocenters. The smallest absolute Gasteiger partial charge is 0.143 e. The third kappa shape index (κ3) is 2.34. The first-order valence-electron chi connectivity index (χ1n) is 7.36. The van der Waals surface area contributed by atoms with Gasteiger partial charge < -0.3 is 0 Å². The molecule has 1 saturated carbocycles. The van der Waals surface area contributed by atoms with Crippen molar-refractivity contribution < 1.29 is 4.79 Å². The number of benzene rings is 1. The minimum Gasteiger partial charge on any atom is -0.299 e. The summed E-state index contributed by atoms with van der Waals surface area (Å²) in [6.07, 6.45) is 0.467. The van der Waals surface area contributed by atoms with E-state index in [9.17, 15) is 4.79 Å². The predicted molar refractivity (Wildman–Crippen MR) is 87.3 cm³/mol. The summed E-state index contributed by atoms with van der Waals surface area (Å²) < 4.78 is 0. The van der Waals surface area contributed by atoms with Crippen molar-refractivity contribution in [2.24, 2.45) is 16.7 Å². The molecule has 2 aromatic rings. The Morgan fingerprint density at radius 2 is 1.76 bits per heavy atom. The third-order valence-corrected chi connectivity index (χ3v) is 6.14. The zero-order valence-corrected chi connectivity index (χ0v) is 13.8. The Balaban J connectivity index is 1.73. The minimum atomic E-state index is 0.115. The third-order valence-electron chi connectivity index (χ3n) is 5.29. The molecule has 0 bridgehead atoms. The molecule has 110 valence electrons. The number of hydrogen-bond donors (Lipinski definition) is 0. The lowest BCUT2D eigenvalue weighted by Gasteiger charge is -2.03. The maximum Gasteiger partial charge on any atom is 0.143 e. The van der Waals surface area contributed by atoms with Crippen LogP contribution in [-0.4, -0.2) is 10.8 Å². The van der Waals surface area contributed by atoms with E-state index in [2.05, 4.69) is 32.7 Å². The van der Waals surface area contributed by atoms with Gasteiger partial charge in [-0.3, -0.25) is 4.79 Å². The van der Waals surface area contributed by atoms with Gasteiger partial charge in [-0.2, -0.15) is 0 Å². The fraction of sp³-hybridized carbons (Fsp3) is 0.444. The number of ketones is 1. The molecular formula is C18H21NOS. The van der Waals surface area contributed by atoms with Crippen LogP contribution in [-0.2, 0) is 11.2 Å². The lowest BCUT2D eigenvalue weighted by atomic mass is 10.0. The van der Waals surface area contributed by atoms with Gasteiger partial charge in [-0.05, 0) is 10.8 Å². The van der Waals surface area contributed by atoms with Crippen LogP contribution in [0.5, 0.6) is 0 Å². The Hall–Kier alpha value is -1.48. The number of rotatable bonds is 4. The molecule has 2 nitrogen and oxygen atoms in total. The van der Waals surface area contributed by atoms with Crippen molar-refractivity contribution in [3.05, 3.63) is 40.7 Å². The fourth-order valence-corrected chi connectivity index (χ4v) is 4.20. The van der Waals surface area contributed by atoms with Crippen molar-refractivity contribution in [1.82, 2.24) is 4.98 Å². The summed E-state index contributed by atoms with van der Waals surface area (Å²) >= 11 is 1.59. The van der Waals surface area contributed by atoms with Gasteiger partial charge in [0.15, 0.2) is 0 Å². The number of carbonyl (C=O) groups excluding carboxylic acids is 1. The van der Waals surface area contributed by atoms with Gasteiger partial charge in [0.05, 0.1) is 12.1 Å². The van der Waals surface area contributed by atoms with Gasteiger partial charge >= 0.3 is 0 Å². The van der Waals surface area contributed by atoms with Crippen LogP contribution in [0.25, 0.3) is 11.3 Å². The first-order chi connectivity index (χ1) is 9.84. The maximum atomic E-state index is 12.5. The molecule has 1 fully saturated rings. The number of carbonyl (C=O) groups is 1. The standard InChI is InChI=1S/C18H21NOS/c1-17(2)16(18(17,3)4)14(20)10-15-19-13(11-21-15)12-8-6-5-7-9-12/h5-9,11,16H,10H2,1-4H3. The summed E-state index contributed by atoms with van der Waals surface area (Å²) in [5, 5.41) is 2.97. The topological polar surface area (TPSA) is 30.0 Å². The van der Waals surface area contributed by atoms with Crippen molar-refractivity contribution in [2.45, 2.75) is 34.1 Å². The van der Waals surface area contributed by atoms with Crippen molar-refractivity contribution in [1.29, 1.82) is 0 Å². The molecule has 1 aliphatic rings. The molecule has 0 atom stereocenters. The van der Waals surface area contributed by atoms with Gasteiger partial charge in [-0.15, -0.1) is 11.3 Å². The van der Waals surface area contributed by atoms with Crippen LogP contribution in [0.4, 0.5) is 0 Å². The molecule has 3 rings (SSSR count). The van der Waals surface area contributed by atoms with Crippen LogP contribution in [0.3, 0.4) is 0 Å². The van der Waals surface area contributed by atoms with Gasteiger partial charge in [0.25, 0.3) is 0 Å². The quantitative estimate of drug-likeness (QED) is 0.825. The predicted octanol–water partition coefficient (Wildman–Crippen LogP) is 4.60. The van der Waals surface area contributed by atoms with Gasteiger partial charge in [-0.25, -0.2) is 4.98 Å². The van der Waals surface area contributed by atoms with E-state index in [4.69, 9.17) is 0 Å². The molecule has 0 amide bonds. The van der Waals surface area contributed by atoms with Crippen molar-refractivity contribution in [3.63, 3.8) is 0 Å². The van der Waals surface area contributed by atoms with Gasteiger partial charge in [0, 0.05) is 16.9 Å². The molecule has 1 aromatic carbocycles. The molecule has 0 radical (unpaired) electrons. The maximum absolute atomic E-state index is 12.5. The Kier molecular flexibility index (Phi) is 3.28. The minimum absolute atomic E-state index is 0.115. The number of nitrogens with zero attached hydrogens (tertiary/aromatic N) is 1. The average molecular weight is 299 g/mol. The van der Waals surface area contributed by atoms with E-state index < -0.39 is 0 Å². The second-order valence-corrected chi connectivity index (χ2v) is 7.95. The highest BCUT2D eigenvalue weighted by atomic mass is 32.1. The fourth-order valence-electron chi connectivity index (χ4n) is 3.39. The van der Waals surface area contributed by atoms with Gasteiger partial charge in [-0.1, -0.05) is 58.0 Å². The summed E-state index contributed by atoms with van der Waals surface area (Å²) in [5.74, 6) is 0.494. The summed E-state index contributed by atoms with van der Waals surface area (Å²) in [7, 11) is 0. The Bertz CT molecular complexity index is 656. The largest absolute Gasteiger partial charge is 0.299 e. The molecule has 1 heterocycles. The van der Waals surface area contributed by atoms with Crippen LogP contribution in [0.15, 0.2) is 35.7 Å². The number of thiazole rings is 1. The van der Waals surface area contributed by atoms with Crippen LogP contribution in [0.2, 0.25) is 0 Å². The van der Waals surface area contributed by atoms with E-state index >= 15 is 0 Å².